The number of rotatable bonds is 9. The molecular formula is C22H28FN3O5S. The molecular weight excluding hydrogens is 437 g/mol. The summed E-state index contributed by atoms with van der Waals surface area (Å²) in [5, 5.41) is 6.68. The molecule has 1 N–H and O–H groups in total. The van der Waals surface area contributed by atoms with Gasteiger partial charge in [-0.25, -0.2) is 12.8 Å². The van der Waals surface area contributed by atoms with Crippen LogP contribution in [0.3, 0.4) is 0 Å². The van der Waals surface area contributed by atoms with Gasteiger partial charge in [0.15, 0.2) is 10.7 Å². The van der Waals surface area contributed by atoms with Crippen LogP contribution in [0.25, 0.3) is 12.2 Å². The molecule has 0 saturated carbocycles. The van der Waals surface area contributed by atoms with Crippen LogP contribution in [0, 0.1) is 18.7 Å². The highest BCUT2D eigenvalue weighted by atomic mass is 32.2. The van der Waals surface area contributed by atoms with E-state index < -0.39 is 15.8 Å². The van der Waals surface area contributed by atoms with Gasteiger partial charge in [0.25, 0.3) is 0 Å². The van der Waals surface area contributed by atoms with Crippen molar-refractivity contribution >= 4 is 28.1 Å². The second-order valence-electron chi connectivity index (χ2n) is 7.63. The lowest BCUT2D eigenvalue weighted by Gasteiger charge is -2.30. The van der Waals surface area contributed by atoms with Crippen LogP contribution < -0.4 is 5.32 Å². The Morgan fingerprint density at radius 2 is 2.03 bits per heavy atom. The van der Waals surface area contributed by atoms with Gasteiger partial charge in [-0.05, 0) is 44.4 Å². The molecule has 174 valence electrons. The Hall–Kier alpha value is -2.56. The van der Waals surface area contributed by atoms with Crippen LogP contribution in [-0.4, -0.2) is 57.1 Å². The molecule has 2 aromatic rings. The minimum atomic E-state index is -3.88. The number of nitrogens with zero attached hydrogens (tertiary/aromatic N) is 2. The summed E-state index contributed by atoms with van der Waals surface area (Å²) < 4.78 is 52.0. The molecule has 1 fully saturated rings. The average molecular weight is 466 g/mol. The second-order valence-corrected chi connectivity index (χ2v) is 9.51. The normalized spacial score (nSPS) is 16.0. The summed E-state index contributed by atoms with van der Waals surface area (Å²) in [4.78, 5) is 12.3. The molecule has 10 heteroatoms. The summed E-state index contributed by atoms with van der Waals surface area (Å²) in [6.45, 7) is 3.10. The number of piperidine rings is 1. The molecule has 0 spiro atoms. The van der Waals surface area contributed by atoms with Crippen molar-refractivity contribution in [1.29, 1.82) is 0 Å². The van der Waals surface area contributed by atoms with E-state index in [0.717, 1.165) is 6.42 Å². The monoisotopic (exact) mass is 465 g/mol. The Labute approximate surface area is 187 Å². The first-order valence-corrected chi connectivity index (χ1v) is 11.9. The van der Waals surface area contributed by atoms with E-state index in [-0.39, 0.29) is 41.3 Å². The standard InChI is InChI=1S/C22H28FN3O5S/c1-16-21(20(31-25-16)9-8-17-6-3-4-7-19(17)23)32(28,29)26-13-10-18(11-14-26)22(27)24-12-5-15-30-2/h3-4,6-9,18H,5,10-15H2,1-2H3,(H,24,27). The number of hydrogen-bond donors (Lipinski definition) is 1. The van der Waals surface area contributed by atoms with Gasteiger partial charge < -0.3 is 14.6 Å². The third kappa shape index (κ3) is 5.62. The van der Waals surface area contributed by atoms with E-state index in [2.05, 4.69) is 10.5 Å². The smallest absolute Gasteiger partial charge is 0.248 e. The molecule has 8 nitrogen and oxygen atoms in total. The first-order chi connectivity index (χ1) is 15.3. The first-order valence-electron chi connectivity index (χ1n) is 10.5. The molecule has 0 radical (unpaired) electrons. The molecule has 1 aromatic heterocycles. The van der Waals surface area contributed by atoms with E-state index in [1.165, 1.54) is 22.5 Å². The van der Waals surface area contributed by atoms with Crippen molar-refractivity contribution in [2.75, 3.05) is 33.4 Å². The summed E-state index contributed by atoms with van der Waals surface area (Å²) >= 11 is 0. The first kappa shape index (κ1) is 24.1. The summed E-state index contributed by atoms with van der Waals surface area (Å²) in [6, 6.07) is 6.16. The summed E-state index contributed by atoms with van der Waals surface area (Å²) in [6.07, 6.45) is 4.45. The number of aromatic nitrogens is 1. The van der Waals surface area contributed by atoms with Gasteiger partial charge in [0.1, 0.15) is 11.5 Å². The Kier molecular flexibility index (Phi) is 8.16. The molecule has 1 saturated heterocycles. The van der Waals surface area contributed by atoms with E-state index in [4.69, 9.17) is 9.26 Å². The van der Waals surface area contributed by atoms with Gasteiger partial charge in [-0.15, -0.1) is 0 Å². The van der Waals surface area contributed by atoms with Crippen LogP contribution in [0.2, 0.25) is 0 Å². The molecule has 32 heavy (non-hydrogen) atoms. The zero-order valence-corrected chi connectivity index (χ0v) is 19.0. The maximum atomic E-state index is 13.9. The Morgan fingerprint density at radius 1 is 1.31 bits per heavy atom. The zero-order chi connectivity index (χ0) is 23.1. The average Bonchev–Trinajstić information content (AvgIpc) is 3.17. The lowest BCUT2D eigenvalue weighted by Crippen LogP contribution is -2.43. The highest BCUT2D eigenvalue weighted by Gasteiger charge is 2.35. The SMILES string of the molecule is COCCCNC(=O)C1CCN(S(=O)(=O)c2c(C)noc2C=Cc2ccccc2F)CC1. The van der Waals surface area contributed by atoms with Crippen molar-refractivity contribution in [3.63, 3.8) is 0 Å². The Bertz CT molecular complexity index is 1060. The lowest BCUT2D eigenvalue weighted by molar-refractivity contribution is -0.126. The number of carbonyl (C=O) groups is 1. The number of amides is 1. The minimum absolute atomic E-state index is 0.0347. The van der Waals surface area contributed by atoms with Crippen LogP contribution in [0.1, 0.15) is 36.3 Å². The minimum Gasteiger partial charge on any atom is -0.385 e. The molecule has 0 bridgehead atoms. The van der Waals surface area contributed by atoms with Crippen LogP contribution in [0.5, 0.6) is 0 Å². The van der Waals surface area contributed by atoms with Gasteiger partial charge in [0.05, 0.1) is 0 Å². The van der Waals surface area contributed by atoms with Crippen LogP contribution in [0.4, 0.5) is 4.39 Å². The largest absolute Gasteiger partial charge is 0.385 e. The number of sulfonamides is 1. The predicted molar refractivity (Wildman–Crippen MR) is 118 cm³/mol. The van der Waals surface area contributed by atoms with Crippen LogP contribution in [0.15, 0.2) is 33.7 Å². The van der Waals surface area contributed by atoms with Gasteiger partial charge in [-0.2, -0.15) is 4.31 Å². The number of hydrogen-bond acceptors (Lipinski definition) is 6. The lowest BCUT2D eigenvalue weighted by atomic mass is 9.97. The number of methoxy groups -OCH3 is 1. The fraction of sp³-hybridized carbons (Fsp3) is 0.455. The quantitative estimate of drug-likeness (QED) is 0.572. The van der Waals surface area contributed by atoms with Crippen molar-refractivity contribution in [3.8, 4) is 0 Å². The predicted octanol–water partition coefficient (Wildman–Crippen LogP) is 2.85. The summed E-state index contributed by atoms with van der Waals surface area (Å²) in [5.74, 6) is -0.670. The highest BCUT2D eigenvalue weighted by molar-refractivity contribution is 7.89. The van der Waals surface area contributed by atoms with Gasteiger partial charge in [0.2, 0.25) is 15.9 Å². The number of nitrogens with one attached hydrogen (secondary N) is 1. The number of halogens is 1. The van der Waals surface area contributed by atoms with Gasteiger partial charge >= 0.3 is 0 Å². The molecule has 0 aliphatic carbocycles. The molecule has 1 aromatic carbocycles. The van der Waals surface area contributed by atoms with E-state index in [1.54, 1.807) is 32.2 Å². The van der Waals surface area contributed by atoms with Gasteiger partial charge in [0, 0.05) is 44.8 Å². The molecule has 1 aliphatic rings. The van der Waals surface area contributed by atoms with Crippen molar-refractivity contribution in [1.82, 2.24) is 14.8 Å². The molecule has 2 heterocycles. The number of benzene rings is 1. The van der Waals surface area contributed by atoms with Crippen LogP contribution in [-0.2, 0) is 19.6 Å². The number of aryl methyl sites for hydroxylation is 1. The van der Waals surface area contributed by atoms with E-state index in [9.17, 15) is 17.6 Å². The van der Waals surface area contributed by atoms with E-state index >= 15 is 0 Å². The van der Waals surface area contributed by atoms with E-state index in [1.807, 2.05) is 0 Å². The molecule has 1 aliphatic heterocycles. The maximum Gasteiger partial charge on any atom is 0.248 e. The topological polar surface area (TPSA) is 102 Å². The summed E-state index contributed by atoms with van der Waals surface area (Å²) in [5.41, 5.74) is 0.540. The summed E-state index contributed by atoms with van der Waals surface area (Å²) in [7, 11) is -2.28. The van der Waals surface area contributed by atoms with Crippen molar-refractivity contribution < 1.29 is 26.9 Å². The molecule has 1 amide bonds. The van der Waals surface area contributed by atoms with Gasteiger partial charge in [-0.3, -0.25) is 4.79 Å². The highest BCUT2D eigenvalue weighted by Crippen LogP contribution is 2.29. The molecule has 0 unspecified atom stereocenters. The Morgan fingerprint density at radius 3 is 2.72 bits per heavy atom. The number of carbonyl (C=O) groups excluding carboxylic acids is 1. The van der Waals surface area contributed by atoms with Crippen LogP contribution >= 0.6 is 0 Å². The second kappa shape index (κ2) is 10.8. The van der Waals surface area contributed by atoms with Crippen molar-refractivity contribution in [2.24, 2.45) is 5.92 Å². The van der Waals surface area contributed by atoms with E-state index in [0.29, 0.717) is 31.6 Å². The third-order valence-corrected chi connectivity index (χ3v) is 7.46. The fourth-order valence-electron chi connectivity index (χ4n) is 3.63. The zero-order valence-electron chi connectivity index (χ0n) is 18.2. The maximum absolute atomic E-state index is 13.9. The van der Waals surface area contributed by atoms with Crippen molar-refractivity contribution in [2.45, 2.75) is 31.1 Å². The molecule has 3 rings (SSSR count). The van der Waals surface area contributed by atoms with Crippen molar-refractivity contribution in [3.05, 3.63) is 47.1 Å². The van der Waals surface area contributed by atoms with Gasteiger partial charge in [-0.1, -0.05) is 23.4 Å². The number of ether oxygens (including phenoxy) is 1. The third-order valence-electron chi connectivity index (χ3n) is 5.40. The fourth-order valence-corrected chi connectivity index (χ4v) is 5.35. The molecule has 0 atom stereocenters. The Balaban J connectivity index is 1.68.